The fraction of sp³-hybridized carbons (Fsp3) is 0.250. The summed E-state index contributed by atoms with van der Waals surface area (Å²) in [6.45, 7) is 3.73. The van der Waals surface area contributed by atoms with Crippen molar-refractivity contribution in [3.8, 4) is 0 Å². The summed E-state index contributed by atoms with van der Waals surface area (Å²) < 4.78 is 0. The number of H-pyrrole nitrogens is 1. The molecular weight excluding hydrogens is 216 g/mol. The zero-order chi connectivity index (χ0) is 12.3. The van der Waals surface area contributed by atoms with Crippen molar-refractivity contribution in [1.29, 1.82) is 0 Å². The molecule has 2 aromatic heterocycles. The summed E-state index contributed by atoms with van der Waals surface area (Å²) in [5.74, 6) is 0.614. The van der Waals surface area contributed by atoms with Crippen molar-refractivity contribution >= 4 is 5.91 Å². The summed E-state index contributed by atoms with van der Waals surface area (Å²) in [5, 5.41) is 2.87. The Hall–Kier alpha value is -2.17. The topological polar surface area (TPSA) is 70.7 Å². The van der Waals surface area contributed by atoms with Crippen molar-refractivity contribution in [2.45, 2.75) is 19.9 Å². The molecule has 0 aliphatic rings. The fourth-order valence-electron chi connectivity index (χ4n) is 1.55. The van der Waals surface area contributed by atoms with Crippen molar-refractivity contribution in [1.82, 2.24) is 20.3 Å². The molecule has 0 aromatic carbocycles. The van der Waals surface area contributed by atoms with E-state index in [4.69, 9.17) is 0 Å². The van der Waals surface area contributed by atoms with E-state index in [2.05, 4.69) is 20.3 Å². The number of amides is 1. The molecule has 5 nitrogen and oxygen atoms in total. The van der Waals surface area contributed by atoms with Crippen LogP contribution in [0.4, 0.5) is 0 Å². The second-order valence-electron chi connectivity index (χ2n) is 3.86. The molecular formula is C12H14N4O. The number of hydrogen-bond donors (Lipinski definition) is 2. The number of rotatable bonds is 3. The number of hydrogen-bond acceptors (Lipinski definition) is 3. The average Bonchev–Trinajstić information content (AvgIpc) is 2.82. The third-order valence-corrected chi connectivity index (χ3v) is 2.44. The van der Waals surface area contributed by atoms with Crippen LogP contribution in [0.15, 0.2) is 30.7 Å². The van der Waals surface area contributed by atoms with E-state index in [0.717, 1.165) is 11.5 Å². The first-order valence-corrected chi connectivity index (χ1v) is 5.39. The summed E-state index contributed by atoms with van der Waals surface area (Å²) in [6, 6.07) is 3.30. The molecule has 0 spiro atoms. The van der Waals surface area contributed by atoms with E-state index in [1.54, 1.807) is 30.7 Å². The Bertz CT molecular complexity index is 507. The van der Waals surface area contributed by atoms with Gasteiger partial charge >= 0.3 is 0 Å². The highest BCUT2D eigenvalue weighted by Gasteiger charge is 2.12. The predicted octanol–water partition coefficient (Wildman–Crippen LogP) is 1.60. The quantitative estimate of drug-likeness (QED) is 0.841. The Morgan fingerprint density at radius 2 is 2.24 bits per heavy atom. The molecule has 0 saturated carbocycles. The molecule has 0 aliphatic carbocycles. The van der Waals surface area contributed by atoms with Crippen molar-refractivity contribution in [3.63, 3.8) is 0 Å². The van der Waals surface area contributed by atoms with Gasteiger partial charge in [0.25, 0.3) is 5.91 Å². The third kappa shape index (κ3) is 2.69. The number of aryl methyl sites for hydroxylation is 1. The number of nitrogens with one attached hydrogen (secondary N) is 2. The minimum atomic E-state index is -0.147. The lowest BCUT2D eigenvalue weighted by atomic mass is 10.2. The van der Waals surface area contributed by atoms with Gasteiger partial charge in [-0.3, -0.25) is 9.78 Å². The molecule has 2 aromatic rings. The second-order valence-corrected chi connectivity index (χ2v) is 3.86. The minimum Gasteiger partial charge on any atom is -0.347 e. The second kappa shape index (κ2) is 4.78. The number of nitrogens with zero attached hydrogens (tertiary/aromatic N) is 2. The molecule has 2 N–H and O–H groups in total. The Morgan fingerprint density at radius 1 is 1.41 bits per heavy atom. The van der Waals surface area contributed by atoms with Crippen LogP contribution in [0.2, 0.25) is 0 Å². The van der Waals surface area contributed by atoms with E-state index in [-0.39, 0.29) is 11.9 Å². The van der Waals surface area contributed by atoms with E-state index >= 15 is 0 Å². The Balaban J connectivity index is 2.07. The lowest BCUT2D eigenvalue weighted by Gasteiger charge is -2.11. The highest BCUT2D eigenvalue weighted by atomic mass is 16.1. The summed E-state index contributed by atoms with van der Waals surface area (Å²) in [5.41, 5.74) is 1.43. The van der Waals surface area contributed by atoms with Crippen molar-refractivity contribution < 1.29 is 4.79 Å². The van der Waals surface area contributed by atoms with E-state index in [1.807, 2.05) is 13.8 Å². The van der Waals surface area contributed by atoms with E-state index in [1.165, 1.54) is 0 Å². The van der Waals surface area contributed by atoms with Crippen LogP contribution in [0.3, 0.4) is 0 Å². The molecule has 5 heteroatoms. The molecule has 1 amide bonds. The summed E-state index contributed by atoms with van der Waals surface area (Å²) in [6.07, 6.45) is 5.02. The lowest BCUT2D eigenvalue weighted by molar-refractivity contribution is 0.0938. The molecule has 1 unspecified atom stereocenters. The summed E-state index contributed by atoms with van der Waals surface area (Å²) >= 11 is 0. The first-order valence-electron chi connectivity index (χ1n) is 5.39. The number of aromatic nitrogens is 3. The Morgan fingerprint density at radius 3 is 2.88 bits per heavy atom. The van der Waals surface area contributed by atoms with Crippen molar-refractivity contribution in [3.05, 3.63) is 47.8 Å². The Labute approximate surface area is 99.3 Å². The molecule has 88 valence electrons. The van der Waals surface area contributed by atoms with E-state index < -0.39 is 0 Å². The van der Waals surface area contributed by atoms with E-state index in [0.29, 0.717) is 5.56 Å². The number of pyridine rings is 1. The average molecular weight is 230 g/mol. The molecule has 0 bridgehead atoms. The number of aromatic amines is 1. The van der Waals surface area contributed by atoms with Gasteiger partial charge in [-0.25, -0.2) is 4.98 Å². The minimum absolute atomic E-state index is 0.126. The molecule has 17 heavy (non-hydrogen) atoms. The van der Waals surface area contributed by atoms with Gasteiger partial charge in [0.05, 0.1) is 6.04 Å². The van der Waals surface area contributed by atoms with Crippen LogP contribution in [-0.2, 0) is 0 Å². The predicted molar refractivity (Wildman–Crippen MR) is 63.4 cm³/mol. The molecule has 0 aliphatic heterocycles. The highest BCUT2D eigenvalue weighted by Crippen LogP contribution is 2.08. The number of carbonyl (C=O) groups is 1. The van der Waals surface area contributed by atoms with Gasteiger partial charge in [0.2, 0.25) is 0 Å². The Kier molecular flexibility index (Phi) is 3.18. The summed E-state index contributed by atoms with van der Waals surface area (Å²) in [7, 11) is 0. The van der Waals surface area contributed by atoms with Crippen LogP contribution in [0.5, 0.6) is 0 Å². The van der Waals surface area contributed by atoms with Crippen LogP contribution in [0.25, 0.3) is 0 Å². The van der Waals surface area contributed by atoms with Gasteiger partial charge in [0.1, 0.15) is 5.82 Å². The summed E-state index contributed by atoms with van der Waals surface area (Å²) in [4.78, 5) is 23.0. The largest absolute Gasteiger partial charge is 0.347 e. The van der Waals surface area contributed by atoms with Gasteiger partial charge in [-0.15, -0.1) is 0 Å². The number of imidazole rings is 1. The standard InChI is InChI=1S/C12H14N4O/c1-8-7-10(3-4-13-8)12(17)16-9(2)11-14-5-6-15-11/h3-7,9H,1-2H3,(H,14,15)(H,16,17). The molecule has 1 atom stereocenters. The maximum absolute atomic E-state index is 11.9. The molecule has 0 saturated heterocycles. The lowest BCUT2D eigenvalue weighted by Crippen LogP contribution is -2.27. The third-order valence-electron chi connectivity index (χ3n) is 2.44. The van der Waals surface area contributed by atoms with Crippen LogP contribution in [-0.4, -0.2) is 20.9 Å². The first kappa shape index (κ1) is 11.3. The van der Waals surface area contributed by atoms with Gasteiger partial charge in [0.15, 0.2) is 0 Å². The zero-order valence-electron chi connectivity index (χ0n) is 9.77. The first-order chi connectivity index (χ1) is 8.16. The molecule has 0 fully saturated rings. The van der Waals surface area contributed by atoms with Gasteiger partial charge in [-0.05, 0) is 26.0 Å². The van der Waals surface area contributed by atoms with E-state index in [9.17, 15) is 4.79 Å². The maximum atomic E-state index is 11.9. The fourth-order valence-corrected chi connectivity index (χ4v) is 1.55. The number of carbonyl (C=O) groups excluding carboxylic acids is 1. The smallest absolute Gasteiger partial charge is 0.251 e. The molecule has 2 heterocycles. The van der Waals surface area contributed by atoms with Crippen LogP contribution >= 0.6 is 0 Å². The SMILES string of the molecule is Cc1cc(C(=O)NC(C)c2ncc[nH]2)ccn1. The van der Waals surface area contributed by atoms with Gasteiger partial charge in [-0.1, -0.05) is 0 Å². The van der Waals surface area contributed by atoms with Crippen molar-refractivity contribution in [2.24, 2.45) is 0 Å². The zero-order valence-corrected chi connectivity index (χ0v) is 9.77. The molecule has 0 radical (unpaired) electrons. The van der Waals surface area contributed by atoms with Crippen LogP contribution in [0, 0.1) is 6.92 Å². The highest BCUT2D eigenvalue weighted by molar-refractivity contribution is 5.94. The monoisotopic (exact) mass is 230 g/mol. The van der Waals surface area contributed by atoms with Gasteiger partial charge in [-0.2, -0.15) is 0 Å². The molecule has 2 rings (SSSR count). The normalized spacial score (nSPS) is 12.1. The van der Waals surface area contributed by atoms with Gasteiger partial charge in [0, 0.05) is 29.8 Å². The maximum Gasteiger partial charge on any atom is 0.251 e. The van der Waals surface area contributed by atoms with Crippen LogP contribution in [0.1, 0.15) is 34.8 Å². The van der Waals surface area contributed by atoms with Crippen LogP contribution < -0.4 is 5.32 Å². The van der Waals surface area contributed by atoms with Crippen molar-refractivity contribution in [2.75, 3.05) is 0 Å². The van der Waals surface area contributed by atoms with Gasteiger partial charge < -0.3 is 10.3 Å².